The molecule has 98 heavy (non-hydrogen) atoms. The molecule has 0 rings (SSSR count). The summed E-state index contributed by atoms with van der Waals surface area (Å²) in [5.74, 6) is -2.32. The fourth-order valence-electron chi connectivity index (χ4n) is 10.0. The van der Waals surface area contributed by atoms with Crippen LogP contribution < -0.4 is 0 Å². The highest BCUT2D eigenvalue weighted by atomic mass is 31.2. The summed E-state index contributed by atoms with van der Waals surface area (Å²) in [5.41, 5.74) is 0. The molecule has 0 heterocycles. The number of hydrogen-bond donors (Lipinski definition) is 3. The molecule has 19 heteroatoms. The van der Waals surface area contributed by atoms with E-state index in [0.29, 0.717) is 25.7 Å². The molecule has 0 saturated heterocycles. The van der Waals surface area contributed by atoms with Crippen LogP contribution in [0.3, 0.4) is 0 Å². The van der Waals surface area contributed by atoms with Crippen molar-refractivity contribution in [1.82, 2.24) is 0 Å². The number of carbonyl (C=O) groups excluding carboxylic acids is 4. The van der Waals surface area contributed by atoms with Crippen molar-refractivity contribution < 1.29 is 80.2 Å². The number of hydrogen-bond acceptors (Lipinski definition) is 15. The second-order valence-electron chi connectivity index (χ2n) is 25.2. The van der Waals surface area contributed by atoms with Crippen LogP contribution in [0.4, 0.5) is 0 Å². The number of phosphoric acid groups is 2. The van der Waals surface area contributed by atoms with Gasteiger partial charge in [-0.25, -0.2) is 9.13 Å². The van der Waals surface area contributed by atoms with Gasteiger partial charge in [0.15, 0.2) is 12.2 Å². The number of phosphoric ester groups is 2. The van der Waals surface area contributed by atoms with E-state index in [2.05, 4.69) is 113 Å². The van der Waals surface area contributed by atoms with E-state index in [4.69, 9.17) is 37.0 Å². The lowest BCUT2D eigenvalue weighted by atomic mass is 10.0. The van der Waals surface area contributed by atoms with Gasteiger partial charge >= 0.3 is 39.5 Å². The number of aliphatic hydroxyl groups is 1. The Hall–Kier alpha value is -4.28. The maximum atomic E-state index is 13.1. The second kappa shape index (κ2) is 71.1. The lowest BCUT2D eigenvalue weighted by molar-refractivity contribution is -0.161. The van der Waals surface area contributed by atoms with E-state index in [1.165, 1.54) is 89.9 Å². The third-order valence-corrected chi connectivity index (χ3v) is 17.7. The first-order valence-electron chi connectivity index (χ1n) is 38.1. The van der Waals surface area contributed by atoms with Gasteiger partial charge in [0.25, 0.3) is 0 Å². The molecular formula is C79H136O17P2. The zero-order valence-electron chi connectivity index (χ0n) is 61.4. The summed E-state index contributed by atoms with van der Waals surface area (Å²) in [7, 11) is -9.97. The van der Waals surface area contributed by atoms with Crippen molar-refractivity contribution >= 4 is 39.5 Å². The molecule has 5 atom stereocenters. The van der Waals surface area contributed by atoms with Gasteiger partial charge < -0.3 is 33.8 Å². The average molecular weight is 1420 g/mol. The number of rotatable bonds is 71. The quantitative estimate of drug-likeness (QED) is 0.0169. The van der Waals surface area contributed by atoms with Crippen LogP contribution in [0, 0.1) is 0 Å². The molecular weight excluding hydrogens is 1280 g/mol. The van der Waals surface area contributed by atoms with Gasteiger partial charge in [0, 0.05) is 19.3 Å². The Morgan fingerprint density at radius 1 is 0.306 bits per heavy atom. The summed E-state index contributed by atoms with van der Waals surface area (Å²) in [4.78, 5) is 72.7. The molecule has 0 aromatic rings. The Morgan fingerprint density at radius 3 is 0.908 bits per heavy atom. The van der Waals surface area contributed by atoms with Gasteiger partial charge in [0.2, 0.25) is 0 Å². The molecule has 5 unspecified atom stereocenters. The van der Waals surface area contributed by atoms with E-state index in [9.17, 15) is 43.2 Å². The summed E-state index contributed by atoms with van der Waals surface area (Å²) >= 11 is 0. The van der Waals surface area contributed by atoms with Gasteiger partial charge in [-0.3, -0.25) is 37.3 Å². The van der Waals surface area contributed by atoms with Crippen LogP contribution in [0.15, 0.2) is 109 Å². The zero-order valence-corrected chi connectivity index (χ0v) is 63.2. The maximum absolute atomic E-state index is 13.1. The summed E-state index contributed by atoms with van der Waals surface area (Å²) in [6.45, 7) is 4.53. The van der Waals surface area contributed by atoms with Crippen molar-refractivity contribution in [1.29, 1.82) is 0 Å². The third kappa shape index (κ3) is 70.2. The standard InChI is InChI=1S/C79H136O17P2/c1-5-9-13-17-21-25-29-32-34-35-36-37-39-42-45-48-52-56-60-64-77(82)90-70-75(96-79(84)66-62-58-54-50-46-40-31-27-23-19-15-11-7-3)72-94-98(87,88)92-68-73(80)67-91-97(85,86)93-71-74(95-78(83)65-61-57-53-49-43-28-24-20-16-12-8-4)69-89-76(81)63-59-55-51-47-44-41-38-33-30-26-22-18-14-10-6-2/h9-10,13-14,21-22,25-26,32-34,36-38,44,47,55,59,73-75,80H,5-8,11-12,15-20,23-24,27-31,35,39-43,45-46,48-54,56-58,60-72H2,1-4H3,(H,85,86)(H,87,88)/b13-9-,14-10-,25-21-,26-22-,34-32-,37-36-,38-33-,47-44-,59-55-. The maximum Gasteiger partial charge on any atom is 0.472 e. The van der Waals surface area contributed by atoms with Crippen molar-refractivity contribution in [3.8, 4) is 0 Å². The lowest BCUT2D eigenvalue weighted by Gasteiger charge is -2.21. The highest BCUT2D eigenvalue weighted by Gasteiger charge is 2.30. The first kappa shape index (κ1) is 93.7. The minimum atomic E-state index is -4.99. The Balaban J connectivity index is 5.36. The van der Waals surface area contributed by atoms with E-state index in [-0.39, 0.29) is 25.7 Å². The van der Waals surface area contributed by atoms with Crippen LogP contribution in [0.25, 0.3) is 0 Å². The van der Waals surface area contributed by atoms with E-state index in [1.54, 1.807) is 6.08 Å². The summed E-state index contributed by atoms with van der Waals surface area (Å²) in [5, 5.41) is 10.6. The summed E-state index contributed by atoms with van der Waals surface area (Å²) in [6, 6.07) is 0. The minimum absolute atomic E-state index is 0.0692. The predicted octanol–water partition coefficient (Wildman–Crippen LogP) is 21.8. The molecule has 17 nitrogen and oxygen atoms in total. The number of unbranched alkanes of at least 4 members (excludes halogenated alkanes) is 28. The van der Waals surface area contributed by atoms with Gasteiger partial charge in [0.1, 0.15) is 19.3 Å². The number of allylic oxidation sites excluding steroid dienone is 17. The number of carbonyl (C=O) groups is 4. The van der Waals surface area contributed by atoms with Crippen molar-refractivity contribution in [2.75, 3.05) is 39.6 Å². The summed E-state index contributed by atoms with van der Waals surface area (Å²) in [6.07, 6.45) is 75.4. The summed E-state index contributed by atoms with van der Waals surface area (Å²) < 4.78 is 68.3. The van der Waals surface area contributed by atoms with Crippen molar-refractivity contribution in [2.24, 2.45) is 0 Å². The zero-order chi connectivity index (χ0) is 71.8. The molecule has 0 aliphatic carbocycles. The van der Waals surface area contributed by atoms with Crippen LogP contribution in [0.5, 0.6) is 0 Å². The Bertz CT molecular complexity index is 2290. The molecule has 0 radical (unpaired) electrons. The van der Waals surface area contributed by atoms with Crippen LogP contribution in [0.1, 0.15) is 310 Å². The van der Waals surface area contributed by atoms with Crippen molar-refractivity contribution in [3.05, 3.63) is 109 Å². The molecule has 0 aromatic carbocycles. The molecule has 0 spiro atoms. The molecule has 0 saturated carbocycles. The third-order valence-electron chi connectivity index (χ3n) is 15.8. The molecule has 0 aromatic heterocycles. The average Bonchev–Trinajstić information content (AvgIpc) is 1.94. The first-order chi connectivity index (χ1) is 47.7. The molecule has 564 valence electrons. The number of ether oxygens (including phenoxy) is 4. The molecule has 0 fully saturated rings. The highest BCUT2D eigenvalue weighted by Crippen LogP contribution is 2.45. The van der Waals surface area contributed by atoms with Crippen molar-refractivity contribution in [3.63, 3.8) is 0 Å². The first-order valence-corrected chi connectivity index (χ1v) is 41.1. The lowest BCUT2D eigenvalue weighted by Crippen LogP contribution is -2.30. The van der Waals surface area contributed by atoms with Gasteiger partial charge in [-0.1, -0.05) is 304 Å². The normalized spacial score (nSPS) is 14.6. The van der Waals surface area contributed by atoms with Crippen LogP contribution >= 0.6 is 15.6 Å². The van der Waals surface area contributed by atoms with Crippen molar-refractivity contribution in [2.45, 2.75) is 329 Å². The van der Waals surface area contributed by atoms with Crippen LogP contribution in [-0.2, 0) is 65.4 Å². The topological polar surface area (TPSA) is 237 Å². The highest BCUT2D eigenvalue weighted by molar-refractivity contribution is 7.47. The Morgan fingerprint density at radius 2 is 0.571 bits per heavy atom. The van der Waals surface area contributed by atoms with Crippen LogP contribution in [-0.4, -0.2) is 96.7 Å². The Labute approximate surface area is 594 Å². The van der Waals surface area contributed by atoms with Gasteiger partial charge in [-0.15, -0.1) is 0 Å². The SMILES string of the molecule is CC/C=C\C/C=C\C/C=C\C/C=C\C/C=C\CC(=O)OCC(COP(=O)(O)OCC(O)COP(=O)(O)OCC(COC(=O)CCCCCCCC/C=C\C/C=C\C/C=C\C/C=C\CC)OC(=O)CCCCCCCCCCCCCCC)OC(=O)CCCCCCCCCCCCC. The van der Waals surface area contributed by atoms with Gasteiger partial charge in [0.05, 0.1) is 32.8 Å². The van der Waals surface area contributed by atoms with Crippen LogP contribution in [0.2, 0.25) is 0 Å². The van der Waals surface area contributed by atoms with E-state index < -0.39 is 97.5 Å². The number of esters is 4. The monoisotopic (exact) mass is 1420 g/mol. The van der Waals surface area contributed by atoms with Gasteiger partial charge in [-0.2, -0.15) is 0 Å². The fourth-order valence-corrected chi connectivity index (χ4v) is 11.6. The van der Waals surface area contributed by atoms with E-state index in [0.717, 1.165) is 141 Å². The minimum Gasteiger partial charge on any atom is -0.462 e. The molecule has 3 N–H and O–H groups in total. The predicted molar refractivity (Wildman–Crippen MR) is 399 cm³/mol. The fraction of sp³-hybridized carbons (Fsp3) is 0.722. The largest absolute Gasteiger partial charge is 0.472 e. The van der Waals surface area contributed by atoms with Gasteiger partial charge in [-0.05, 0) is 89.9 Å². The molecule has 0 aliphatic heterocycles. The Kier molecular flexibility index (Phi) is 68.0. The second-order valence-corrected chi connectivity index (χ2v) is 28.1. The molecule has 0 amide bonds. The van der Waals surface area contributed by atoms with E-state index in [1.807, 2.05) is 18.2 Å². The molecule has 0 bridgehead atoms. The van der Waals surface area contributed by atoms with E-state index >= 15 is 0 Å². The smallest absolute Gasteiger partial charge is 0.462 e. The number of aliphatic hydroxyl groups excluding tert-OH is 1. The molecule has 0 aliphatic rings.